The second kappa shape index (κ2) is 8.71. The lowest BCUT2D eigenvalue weighted by molar-refractivity contribution is 0.0976. The molecule has 0 unspecified atom stereocenters. The molecule has 4 rings (SSSR count). The van der Waals surface area contributed by atoms with Crippen LogP contribution in [0.3, 0.4) is 0 Å². The van der Waals surface area contributed by atoms with Gasteiger partial charge in [-0.05, 0) is 88.9 Å². The Morgan fingerprint density at radius 3 is 2.45 bits per heavy atom. The molecule has 2 N–H and O–H groups in total. The van der Waals surface area contributed by atoms with Crippen LogP contribution in [0.15, 0.2) is 77.2 Å². The molecule has 0 aliphatic heterocycles. The largest absolute Gasteiger partial charge is 0.436 e. The van der Waals surface area contributed by atoms with Gasteiger partial charge in [0.25, 0.3) is 5.91 Å². The van der Waals surface area contributed by atoms with Crippen molar-refractivity contribution < 1.29 is 9.21 Å². The predicted octanol–water partition coefficient (Wildman–Crippen LogP) is 4.90. The molecule has 1 aromatic heterocycles. The van der Waals surface area contributed by atoms with E-state index in [0.717, 1.165) is 25.8 Å². The minimum absolute atomic E-state index is 0.231. The quantitative estimate of drug-likeness (QED) is 0.300. The first-order valence-electron chi connectivity index (χ1n) is 8.88. The third-order valence-corrected chi connectivity index (χ3v) is 5.25. The Bertz CT molecular complexity index is 1140. The standard InChI is InChI=1S/C22H16IN3O2S/c23-17-11-9-15(10-12-17)20(27)26-22(29)24-13-14-5-7-16(8-6-14)21-25-18-3-1-2-4-19(18)28-21/h1-12H,13H2,(H2,24,26,27,29). The van der Waals surface area contributed by atoms with Crippen molar-refractivity contribution in [3.05, 3.63) is 87.5 Å². The third-order valence-electron chi connectivity index (χ3n) is 4.28. The van der Waals surface area contributed by atoms with Crippen molar-refractivity contribution in [2.45, 2.75) is 6.54 Å². The van der Waals surface area contributed by atoms with Gasteiger partial charge >= 0.3 is 0 Å². The van der Waals surface area contributed by atoms with Crippen molar-refractivity contribution in [3.63, 3.8) is 0 Å². The average Bonchev–Trinajstić information content (AvgIpc) is 3.17. The van der Waals surface area contributed by atoms with Crippen molar-refractivity contribution in [3.8, 4) is 11.5 Å². The molecule has 0 saturated heterocycles. The number of oxazole rings is 1. The summed E-state index contributed by atoms with van der Waals surface area (Å²) in [6, 6.07) is 22.8. The first-order valence-corrected chi connectivity index (χ1v) is 10.4. The summed E-state index contributed by atoms with van der Waals surface area (Å²) < 4.78 is 6.86. The maximum atomic E-state index is 12.2. The summed E-state index contributed by atoms with van der Waals surface area (Å²) in [6.45, 7) is 0.500. The number of nitrogens with zero attached hydrogens (tertiary/aromatic N) is 1. The molecular weight excluding hydrogens is 497 g/mol. The highest BCUT2D eigenvalue weighted by Gasteiger charge is 2.09. The predicted molar refractivity (Wildman–Crippen MR) is 126 cm³/mol. The van der Waals surface area contributed by atoms with E-state index in [1.165, 1.54) is 0 Å². The minimum atomic E-state index is -0.231. The molecule has 0 saturated carbocycles. The van der Waals surface area contributed by atoms with Gasteiger partial charge in [0.05, 0.1) is 0 Å². The second-order valence-electron chi connectivity index (χ2n) is 6.33. The minimum Gasteiger partial charge on any atom is -0.436 e. The Morgan fingerprint density at radius 2 is 1.72 bits per heavy atom. The van der Waals surface area contributed by atoms with Gasteiger partial charge < -0.3 is 9.73 Å². The zero-order valence-electron chi connectivity index (χ0n) is 15.2. The molecule has 0 bridgehead atoms. The molecule has 5 nitrogen and oxygen atoms in total. The van der Waals surface area contributed by atoms with Crippen molar-refractivity contribution in [1.29, 1.82) is 0 Å². The molecule has 3 aromatic carbocycles. The fourth-order valence-electron chi connectivity index (χ4n) is 2.76. The topological polar surface area (TPSA) is 67.2 Å². The smallest absolute Gasteiger partial charge is 0.257 e. The highest BCUT2D eigenvalue weighted by molar-refractivity contribution is 14.1. The van der Waals surface area contributed by atoms with Crippen LogP contribution in [-0.2, 0) is 6.54 Å². The van der Waals surface area contributed by atoms with Crippen LogP contribution in [0, 0.1) is 3.57 Å². The van der Waals surface area contributed by atoms with Crippen molar-refractivity contribution >= 4 is 56.9 Å². The molecule has 1 amide bonds. The number of aromatic nitrogens is 1. The number of hydrogen-bond acceptors (Lipinski definition) is 4. The van der Waals surface area contributed by atoms with Gasteiger partial charge in [0, 0.05) is 21.2 Å². The van der Waals surface area contributed by atoms with Gasteiger partial charge in [0.15, 0.2) is 10.7 Å². The summed E-state index contributed by atoms with van der Waals surface area (Å²) in [7, 11) is 0. The molecule has 0 radical (unpaired) electrons. The van der Waals surface area contributed by atoms with Crippen LogP contribution < -0.4 is 10.6 Å². The van der Waals surface area contributed by atoms with Crippen LogP contribution in [0.1, 0.15) is 15.9 Å². The van der Waals surface area contributed by atoms with Gasteiger partial charge in [0.1, 0.15) is 5.52 Å². The van der Waals surface area contributed by atoms with E-state index in [1.54, 1.807) is 12.1 Å². The number of halogens is 1. The normalized spacial score (nSPS) is 10.7. The van der Waals surface area contributed by atoms with E-state index >= 15 is 0 Å². The van der Waals surface area contributed by atoms with E-state index in [9.17, 15) is 4.79 Å². The summed E-state index contributed by atoms with van der Waals surface area (Å²) in [6.07, 6.45) is 0. The summed E-state index contributed by atoms with van der Waals surface area (Å²) in [5, 5.41) is 6.03. The highest BCUT2D eigenvalue weighted by atomic mass is 127. The van der Waals surface area contributed by atoms with E-state index < -0.39 is 0 Å². The number of fused-ring (bicyclic) bond motifs is 1. The van der Waals surface area contributed by atoms with E-state index in [-0.39, 0.29) is 11.0 Å². The third kappa shape index (κ3) is 4.80. The molecule has 0 atom stereocenters. The van der Waals surface area contributed by atoms with E-state index in [1.807, 2.05) is 60.7 Å². The molecule has 0 aliphatic carbocycles. The summed E-state index contributed by atoms with van der Waals surface area (Å²) in [5.41, 5.74) is 4.09. The monoisotopic (exact) mass is 513 g/mol. The SMILES string of the molecule is O=C(NC(=S)NCc1ccc(-c2nc3ccccc3o2)cc1)c1ccc(I)cc1. The summed E-state index contributed by atoms with van der Waals surface area (Å²) in [4.78, 5) is 16.7. The summed E-state index contributed by atoms with van der Waals surface area (Å²) in [5.74, 6) is 0.358. The molecule has 7 heteroatoms. The Balaban J connectivity index is 1.34. The number of hydrogen-bond donors (Lipinski definition) is 2. The van der Waals surface area contributed by atoms with Crippen LogP contribution >= 0.6 is 34.8 Å². The lowest BCUT2D eigenvalue weighted by atomic mass is 10.1. The van der Waals surface area contributed by atoms with Crippen LogP contribution in [0.5, 0.6) is 0 Å². The number of benzene rings is 3. The molecule has 0 fully saturated rings. The average molecular weight is 513 g/mol. The van der Waals surface area contributed by atoms with E-state index in [0.29, 0.717) is 18.0 Å². The number of thiocarbonyl (C=S) groups is 1. The Morgan fingerprint density at radius 1 is 1.00 bits per heavy atom. The maximum absolute atomic E-state index is 12.2. The number of rotatable bonds is 4. The van der Waals surface area contributed by atoms with E-state index in [4.69, 9.17) is 16.6 Å². The van der Waals surface area contributed by atoms with Gasteiger partial charge in [0.2, 0.25) is 5.89 Å². The van der Waals surface area contributed by atoms with Gasteiger partial charge in [-0.25, -0.2) is 4.98 Å². The Labute approximate surface area is 186 Å². The molecule has 0 spiro atoms. The molecular formula is C22H16IN3O2S. The maximum Gasteiger partial charge on any atom is 0.257 e. The Kier molecular flexibility index (Phi) is 5.86. The summed E-state index contributed by atoms with van der Waals surface area (Å²) >= 11 is 7.42. The number of carbonyl (C=O) groups is 1. The van der Waals surface area contributed by atoms with Crippen molar-refractivity contribution in [1.82, 2.24) is 15.6 Å². The zero-order chi connectivity index (χ0) is 20.2. The van der Waals surface area contributed by atoms with Crippen LogP contribution in [0.4, 0.5) is 0 Å². The number of para-hydroxylation sites is 2. The first-order chi connectivity index (χ1) is 14.1. The molecule has 0 aliphatic rings. The zero-order valence-corrected chi connectivity index (χ0v) is 18.2. The molecule has 4 aromatic rings. The number of nitrogens with one attached hydrogen (secondary N) is 2. The molecule has 1 heterocycles. The van der Waals surface area contributed by atoms with Crippen molar-refractivity contribution in [2.24, 2.45) is 0 Å². The number of amides is 1. The van der Waals surface area contributed by atoms with E-state index in [2.05, 4.69) is 38.2 Å². The first kappa shape index (κ1) is 19.5. The second-order valence-corrected chi connectivity index (χ2v) is 7.98. The number of carbonyl (C=O) groups excluding carboxylic acids is 1. The van der Waals surface area contributed by atoms with Crippen molar-refractivity contribution in [2.75, 3.05) is 0 Å². The lowest BCUT2D eigenvalue weighted by Gasteiger charge is -2.10. The van der Waals surface area contributed by atoms with Gasteiger partial charge in [-0.1, -0.05) is 24.3 Å². The fraction of sp³-hybridized carbons (Fsp3) is 0.0455. The van der Waals surface area contributed by atoms with Gasteiger partial charge in [-0.3, -0.25) is 10.1 Å². The highest BCUT2D eigenvalue weighted by Crippen LogP contribution is 2.24. The fourth-order valence-corrected chi connectivity index (χ4v) is 3.29. The van der Waals surface area contributed by atoms with Gasteiger partial charge in [-0.2, -0.15) is 0 Å². The van der Waals surface area contributed by atoms with Gasteiger partial charge in [-0.15, -0.1) is 0 Å². The molecule has 144 valence electrons. The van der Waals surface area contributed by atoms with Crippen LogP contribution in [-0.4, -0.2) is 16.0 Å². The van der Waals surface area contributed by atoms with Crippen LogP contribution in [0.25, 0.3) is 22.6 Å². The van der Waals surface area contributed by atoms with Crippen LogP contribution in [0.2, 0.25) is 0 Å². The molecule has 29 heavy (non-hydrogen) atoms. The lowest BCUT2D eigenvalue weighted by Crippen LogP contribution is -2.38. The Hall–Kier alpha value is -2.78.